The average Bonchev–Trinajstić information content (AvgIpc) is 2.79. The van der Waals surface area contributed by atoms with Gasteiger partial charge in [0.2, 0.25) is 11.8 Å². The highest BCUT2D eigenvalue weighted by Gasteiger charge is 2.22. The highest BCUT2D eigenvalue weighted by atomic mass is 16.5. The number of hydrogen-bond donors (Lipinski definition) is 2. The summed E-state index contributed by atoms with van der Waals surface area (Å²) in [5.74, 6) is -0.200. The zero-order valence-corrected chi connectivity index (χ0v) is 21.1. The molecule has 0 bridgehead atoms. The van der Waals surface area contributed by atoms with Crippen LogP contribution in [0.1, 0.15) is 117 Å². The van der Waals surface area contributed by atoms with E-state index in [9.17, 15) is 14.4 Å². The summed E-state index contributed by atoms with van der Waals surface area (Å²) in [5.41, 5.74) is 0. The minimum absolute atomic E-state index is 0.00934. The maximum atomic E-state index is 12.5. The molecule has 0 aliphatic rings. The molecule has 0 saturated heterocycles. The molecular weight excluding hydrogens is 404 g/mol. The minimum atomic E-state index is -0.179. The fourth-order valence-corrected chi connectivity index (χ4v) is 3.88. The van der Waals surface area contributed by atoms with E-state index in [1.807, 2.05) is 13.8 Å². The fourth-order valence-electron chi connectivity index (χ4n) is 3.88. The third kappa shape index (κ3) is 18.0. The van der Waals surface area contributed by atoms with Crippen molar-refractivity contribution in [1.82, 2.24) is 10.6 Å². The van der Waals surface area contributed by atoms with Crippen LogP contribution < -0.4 is 10.6 Å². The van der Waals surface area contributed by atoms with Crippen molar-refractivity contribution in [3.63, 3.8) is 0 Å². The molecule has 6 nitrogen and oxygen atoms in total. The summed E-state index contributed by atoms with van der Waals surface area (Å²) in [6.07, 6.45) is 16.8. The number of unbranched alkanes of at least 4 members (excludes halogenated alkanes) is 11. The van der Waals surface area contributed by atoms with Crippen molar-refractivity contribution in [2.75, 3.05) is 19.7 Å². The van der Waals surface area contributed by atoms with E-state index in [0.717, 1.165) is 38.6 Å². The van der Waals surface area contributed by atoms with Crippen LogP contribution in [0, 0.1) is 11.8 Å². The summed E-state index contributed by atoms with van der Waals surface area (Å²) >= 11 is 0. The Morgan fingerprint density at radius 1 is 0.750 bits per heavy atom. The molecule has 0 aromatic carbocycles. The average molecular weight is 455 g/mol. The largest absolute Gasteiger partial charge is 0.468 e. The van der Waals surface area contributed by atoms with E-state index in [-0.39, 0.29) is 23.7 Å². The number of carbonyl (C=O) groups excluding carboxylic acids is 3. The van der Waals surface area contributed by atoms with Gasteiger partial charge >= 0.3 is 0 Å². The lowest BCUT2D eigenvalue weighted by molar-refractivity contribution is -0.129. The Hall–Kier alpha value is -1.59. The first-order valence-corrected chi connectivity index (χ1v) is 13.2. The molecule has 0 aromatic heterocycles. The van der Waals surface area contributed by atoms with E-state index in [1.54, 1.807) is 0 Å². The van der Waals surface area contributed by atoms with E-state index in [4.69, 9.17) is 0 Å². The van der Waals surface area contributed by atoms with E-state index in [0.29, 0.717) is 26.0 Å². The van der Waals surface area contributed by atoms with Gasteiger partial charge in [-0.2, -0.15) is 0 Å². The predicted octanol–water partition coefficient (Wildman–Crippen LogP) is 5.54. The lowest BCUT2D eigenvalue weighted by Gasteiger charge is -2.19. The fraction of sp³-hybridized carbons (Fsp3) is 0.885. The van der Waals surface area contributed by atoms with Gasteiger partial charge in [0.15, 0.2) is 0 Å². The number of hydrogen-bond acceptors (Lipinski definition) is 4. The molecule has 32 heavy (non-hydrogen) atoms. The van der Waals surface area contributed by atoms with Crippen molar-refractivity contribution in [3.8, 4) is 0 Å². The SMILES string of the molecule is CCCCCCCCCCCCNC(=O)C(CC)CC(C)C(=O)NCCCCCOC=O. The van der Waals surface area contributed by atoms with Crippen LogP contribution in [0.4, 0.5) is 0 Å². The molecule has 0 radical (unpaired) electrons. The van der Waals surface area contributed by atoms with Crippen molar-refractivity contribution >= 4 is 18.3 Å². The van der Waals surface area contributed by atoms with Gasteiger partial charge in [0.25, 0.3) is 6.47 Å². The van der Waals surface area contributed by atoms with Gasteiger partial charge in [-0.05, 0) is 38.5 Å². The Balaban J connectivity index is 3.80. The topological polar surface area (TPSA) is 84.5 Å². The number of rotatable bonds is 23. The summed E-state index contributed by atoms with van der Waals surface area (Å²) in [6.45, 7) is 8.40. The monoisotopic (exact) mass is 454 g/mol. The Bertz CT molecular complexity index is 471. The van der Waals surface area contributed by atoms with Gasteiger partial charge in [0, 0.05) is 24.9 Å². The normalized spacial score (nSPS) is 12.7. The second-order valence-electron chi connectivity index (χ2n) is 9.03. The molecule has 0 aromatic rings. The first-order chi connectivity index (χ1) is 15.6. The lowest BCUT2D eigenvalue weighted by Crippen LogP contribution is -2.36. The zero-order chi connectivity index (χ0) is 23.9. The van der Waals surface area contributed by atoms with Crippen LogP contribution in [0.2, 0.25) is 0 Å². The summed E-state index contributed by atoms with van der Waals surface area (Å²) < 4.78 is 4.64. The highest BCUT2D eigenvalue weighted by Crippen LogP contribution is 2.16. The van der Waals surface area contributed by atoms with Crippen molar-refractivity contribution < 1.29 is 19.1 Å². The van der Waals surface area contributed by atoms with Crippen molar-refractivity contribution in [1.29, 1.82) is 0 Å². The lowest BCUT2D eigenvalue weighted by atomic mass is 9.92. The molecule has 0 fully saturated rings. The Labute approximate surface area is 197 Å². The van der Waals surface area contributed by atoms with Crippen LogP contribution in [0.15, 0.2) is 0 Å². The second-order valence-corrected chi connectivity index (χ2v) is 9.03. The van der Waals surface area contributed by atoms with Crippen molar-refractivity contribution in [2.24, 2.45) is 11.8 Å². The van der Waals surface area contributed by atoms with Gasteiger partial charge < -0.3 is 15.4 Å². The number of carbonyl (C=O) groups is 3. The molecule has 2 unspecified atom stereocenters. The molecular formula is C26H50N2O4. The maximum Gasteiger partial charge on any atom is 0.293 e. The van der Waals surface area contributed by atoms with Crippen LogP contribution in [-0.2, 0) is 19.1 Å². The van der Waals surface area contributed by atoms with Gasteiger partial charge in [-0.1, -0.05) is 78.6 Å². The molecule has 2 atom stereocenters. The second kappa shape index (κ2) is 22.6. The maximum absolute atomic E-state index is 12.5. The van der Waals surface area contributed by atoms with Crippen LogP contribution in [-0.4, -0.2) is 38.0 Å². The van der Waals surface area contributed by atoms with Crippen molar-refractivity contribution in [2.45, 2.75) is 117 Å². The van der Waals surface area contributed by atoms with Gasteiger partial charge in [-0.15, -0.1) is 0 Å². The predicted molar refractivity (Wildman–Crippen MR) is 131 cm³/mol. The van der Waals surface area contributed by atoms with Crippen LogP contribution >= 0.6 is 0 Å². The van der Waals surface area contributed by atoms with Crippen LogP contribution in [0.25, 0.3) is 0 Å². The van der Waals surface area contributed by atoms with E-state index < -0.39 is 0 Å². The Morgan fingerprint density at radius 3 is 1.78 bits per heavy atom. The summed E-state index contributed by atoms with van der Waals surface area (Å²) in [4.78, 5) is 34.9. The first kappa shape index (κ1) is 30.4. The highest BCUT2D eigenvalue weighted by molar-refractivity contribution is 5.81. The molecule has 188 valence electrons. The van der Waals surface area contributed by atoms with E-state index >= 15 is 0 Å². The van der Waals surface area contributed by atoms with Gasteiger partial charge in [-0.25, -0.2) is 0 Å². The minimum Gasteiger partial charge on any atom is -0.468 e. The molecule has 2 N–H and O–H groups in total. The standard InChI is InChI=1S/C26H50N2O4/c1-4-6-7-8-9-10-11-12-13-15-19-28-26(31)24(5-2)21-23(3)25(30)27-18-16-14-17-20-32-22-29/h22-24H,4-21H2,1-3H3,(H,27,30)(H,28,31). The quantitative estimate of drug-likeness (QED) is 0.157. The van der Waals surface area contributed by atoms with Gasteiger partial charge in [0.05, 0.1) is 6.61 Å². The number of amides is 2. The van der Waals surface area contributed by atoms with Gasteiger partial charge in [-0.3, -0.25) is 14.4 Å². The van der Waals surface area contributed by atoms with E-state index in [2.05, 4.69) is 22.3 Å². The molecule has 6 heteroatoms. The Kier molecular flexibility index (Phi) is 21.5. The Morgan fingerprint density at radius 2 is 1.25 bits per heavy atom. The summed E-state index contributed by atoms with van der Waals surface area (Å²) in [6, 6.07) is 0. The van der Waals surface area contributed by atoms with Crippen molar-refractivity contribution in [3.05, 3.63) is 0 Å². The van der Waals surface area contributed by atoms with Gasteiger partial charge in [0.1, 0.15) is 0 Å². The molecule has 2 amide bonds. The summed E-state index contributed by atoms with van der Waals surface area (Å²) in [7, 11) is 0. The smallest absolute Gasteiger partial charge is 0.293 e. The molecule has 0 saturated carbocycles. The first-order valence-electron chi connectivity index (χ1n) is 13.2. The molecule has 0 aliphatic carbocycles. The molecule has 0 heterocycles. The summed E-state index contributed by atoms with van der Waals surface area (Å²) in [5, 5.41) is 6.02. The third-order valence-electron chi connectivity index (χ3n) is 6.09. The van der Waals surface area contributed by atoms with Crippen LogP contribution in [0.3, 0.4) is 0 Å². The van der Waals surface area contributed by atoms with Crippen LogP contribution in [0.5, 0.6) is 0 Å². The van der Waals surface area contributed by atoms with E-state index in [1.165, 1.54) is 57.8 Å². The third-order valence-corrected chi connectivity index (χ3v) is 6.09. The molecule has 0 spiro atoms. The molecule has 0 rings (SSSR count). The number of ether oxygens (including phenoxy) is 1. The zero-order valence-electron chi connectivity index (χ0n) is 21.1. The molecule has 0 aliphatic heterocycles. The number of nitrogens with one attached hydrogen (secondary N) is 2.